The number of benzene rings is 1. The number of fused-ring (bicyclic) bond motifs is 1. The first-order chi connectivity index (χ1) is 16.4. The average Bonchev–Trinajstić information content (AvgIpc) is 2.82. The van der Waals surface area contributed by atoms with Crippen molar-refractivity contribution in [1.29, 1.82) is 5.41 Å². The van der Waals surface area contributed by atoms with Gasteiger partial charge >= 0.3 is 0 Å². The number of nitrogens with zero attached hydrogens (tertiary/aromatic N) is 4. The molecule has 3 heterocycles. The van der Waals surface area contributed by atoms with Crippen LogP contribution in [0, 0.1) is 31.1 Å². The number of hydrogen-bond donors (Lipinski definition) is 3. The zero-order valence-electron chi connectivity index (χ0n) is 19.6. The minimum Gasteiger partial charge on any atom is -0.383 e. The standard InChI is InChI=1S/C27H27N7/c1-5-6-12-22(28)24-25(29)32-16-33-26(24)31-15-21-14-20-11-7-9-17(2)23(20)19(4)34(21)27-18(3)10-8-13-30-27/h7-11,13-14,16,28H,4-5,15H2,1-3H3,(H3,29,31,32,33). The van der Waals surface area contributed by atoms with Gasteiger partial charge in [-0.05, 0) is 48.6 Å². The van der Waals surface area contributed by atoms with E-state index in [4.69, 9.17) is 11.1 Å². The molecule has 170 valence electrons. The number of hydrogen-bond acceptors (Lipinski definition) is 7. The van der Waals surface area contributed by atoms with Gasteiger partial charge in [-0.1, -0.05) is 43.7 Å². The summed E-state index contributed by atoms with van der Waals surface area (Å²) in [6.45, 7) is 10.9. The molecule has 0 amide bonds. The van der Waals surface area contributed by atoms with E-state index < -0.39 is 0 Å². The van der Waals surface area contributed by atoms with Crippen molar-refractivity contribution >= 4 is 34.9 Å². The maximum absolute atomic E-state index is 8.37. The van der Waals surface area contributed by atoms with Gasteiger partial charge in [0.2, 0.25) is 0 Å². The molecule has 1 aromatic carbocycles. The predicted molar refractivity (Wildman–Crippen MR) is 139 cm³/mol. The third kappa shape index (κ3) is 4.26. The van der Waals surface area contributed by atoms with E-state index in [1.807, 2.05) is 32.0 Å². The summed E-state index contributed by atoms with van der Waals surface area (Å²) in [6, 6.07) is 10.2. The molecule has 0 aliphatic carbocycles. The van der Waals surface area contributed by atoms with E-state index in [9.17, 15) is 0 Å². The zero-order valence-corrected chi connectivity index (χ0v) is 19.6. The fraction of sp³-hybridized carbons (Fsp3) is 0.185. The Morgan fingerprint density at radius 2 is 1.94 bits per heavy atom. The van der Waals surface area contributed by atoms with E-state index in [1.54, 1.807) is 6.20 Å². The molecule has 1 aliphatic heterocycles. The molecule has 0 fully saturated rings. The number of aryl methyl sites for hydroxylation is 2. The topological polar surface area (TPSA) is 104 Å². The molecule has 4 rings (SSSR count). The van der Waals surface area contributed by atoms with Crippen LogP contribution in [0.2, 0.25) is 0 Å². The molecule has 0 spiro atoms. The number of anilines is 3. The van der Waals surface area contributed by atoms with Crippen LogP contribution in [0.4, 0.5) is 17.5 Å². The van der Waals surface area contributed by atoms with E-state index in [1.165, 1.54) is 6.33 Å². The third-order valence-corrected chi connectivity index (χ3v) is 5.62. The molecule has 0 atom stereocenters. The Hall–Kier alpha value is -4.44. The summed E-state index contributed by atoms with van der Waals surface area (Å²) < 4.78 is 0. The largest absolute Gasteiger partial charge is 0.383 e. The minimum atomic E-state index is 0.0860. The van der Waals surface area contributed by atoms with Gasteiger partial charge in [-0.25, -0.2) is 15.0 Å². The third-order valence-electron chi connectivity index (χ3n) is 5.62. The lowest BCUT2D eigenvalue weighted by atomic mass is 9.94. The maximum Gasteiger partial charge on any atom is 0.142 e. The Kier molecular flexibility index (Phi) is 6.42. The second-order valence-electron chi connectivity index (χ2n) is 7.97. The van der Waals surface area contributed by atoms with Gasteiger partial charge in [0.15, 0.2) is 0 Å². The van der Waals surface area contributed by atoms with Crippen LogP contribution in [-0.4, -0.2) is 27.2 Å². The van der Waals surface area contributed by atoms with Gasteiger partial charge in [0.05, 0.1) is 12.1 Å². The minimum absolute atomic E-state index is 0.0860. The molecule has 0 unspecified atom stereocenters. The highest BCUT2D eigenvalue weighted by Crippen LogP contribution is 2.38. The van der Waals surface area contributed by atoms with Crippen molar-refractivity contribution in [2.24, 2.45) is 0 Å². The molecule has 0 bridgehead atoms. The lowest BCUT2D eigenvalue weighted by Gasteiger charge is -2.34. The van der Waals surface area contributed by atoms with Crippen molar-refractivity contribution in [3.63, 3.8) is 0 Å². The number of nitrogens with two attached hydrogens (primary N) is 1. The molecule has 1 aliphatic rings. The van der Waals surface area contributed by atoms with Crippen LogP contribution in [-0.2, 0) is 0 Å². The molecular formula is C27H27N7. The molecule has 34 heavy (non-hydrogen) atoms. The molecule has 4 N–H and O–H groups in total. The van der Waals surface area contributed by atoms with Crippen molar-refractivity contribution in [3.8, 4) is 11.8 Å². The van der Waals surface area contributed by atoms with Gasteiger partial charge in [0.1, 0.15) is 29.5 Å². The summed E-state index contributed by atoms with van der Waals surface area (Å²) in [6.07, 6.45) is 5.94. The van der Waals surface area contributed by atoms with Crippen molar-refractivity contribution in [1.82, 2.24) is 15.0 Å². The zero-order chi connectivity index (χ0) is 24.2. The van der Waals surface area contributed by atoms with Gasteiger partial charge in [0.25, 0.3) is 0 Å². The Bertz CT molecular complexity index is 1380. The van der Waals surface area contributed by atoms with E-state index >= 15 is 0 Å². The summed E-state index contributed by atoms with van der Waals surface area (Å²) in [5.41, 5.74) is 12.8. The Balaban J connectivity index is 1.76. The van der Waals surface area contributed by atoms with Gasteiger partial charge in [-0.15, -0.1) is 0 Å². The second-order valence-corrected chi connectivity index (χ2v) is 7.97. The number of nitrogen functional groups attached to an aromatic ring is 1. The SMILES string of the molecule is C=C1c2c(C)cccc2C=C(CNc2ncnc(N)c2C(=N)C#CCC)N1c1ncccc1C. The summed E-state index contributed by atoms with van der Waals surface area (Å²) in [5, 5.41) is 11.7. The predicted octanol–water partition coefficient (Wildman–Crippen LogP) is 4.80. The van der Waals surface area contributed by atoms with Crippen LogP contribution in [0.15, 0.2) is 55.1 Å². The fourth-order valence-corrected chi connectivity index (χ4v) is 4.03. The lowest BCUT2D eigenvalue weighted by molar-refractivity contribution is 1.03. The molecule has 7 heteroatoms. The number of aromatic nitrogens is 3. The summed E-state index contributed by atoms with van der Waals surface area (Å²) in [4.78, 5) is 15.1. The lowest BCUT2D eigenvalue weighted by Crippen LogP contribution is -2.30. The first kappa shape index (κ1) is 22.7. The molecule has 0 radical (unpaired) electrons. The summed E-state index contributed by atoms with van der Waals surface area (Å²) in [7, 11) is 0. The average molecular weight is 450 g/mol. The quantitative estimate of drug-likeness (QED) is 0.382. The molecule has 3 aromatic rings. The Morgan fingerprint density at radius 3 is 2.71 bits per heavy atom. The smallest absolute Gasteiger partial charge is 0.142 e. The number of rotatable bonds is 5. The van der Waals surface area contributed by atoms with Gasteiger partial charge in [-0.2, -0.15) is 0 Å². The summed E-state index contributed by atoms with van der Waals surface area (Å²) in [5.74, 6) is 7.23. The summed E-state index contributed by atoms with van der Waals surface area (Å²) >= 11 is 0. The van der Waals surface area contributed by atoms with Crippen LogP contribution in [0.5, 0.6) is 0 Å². The monoisotopic (exact) mass is 449 g/mol. The maximum atomic E-state index is 8.37. The fourth-order valence-electron chi connectivity index (χ4n) is 4.03. The van der Waals surface area contributed by atoms with Gasteiger partial charge < -0.3 is 11.1 Å². The molecule has 7 nitrogen and oxygen atoms in total. The van der Waals surface area contributed by atoms with Crippen LogP contribution >= 0.6 is 0 Å². The number of pyridine rings is 1. The van der Waals surface area contributed by atoms with E-state index in [0.717, 1.165) is 39.5 Å². The normalized spacial score (nSPS) is 12.4. The van der Waals surface area contributed by atoms with Crippen molar-refractivity contribution in [2.45, 2.75) is 27.2 Å². The van der Waals surface area contributed by atoms with Crippen molar-refractivity contribution < 1.29 is 0 Å². The van der Waals surface area contributed by atoms with Crippen LogP contribution in [0.3, 0.4) is 0 Å². The van der Waals surface area contributed by atoms with Crippen molar-refractivity contribution in [3.05, 3.63) is 82.9 Å². The highest BCUT2D eigenvalue weighted by Gasteiger charge is 2.27. The first-order valence-corrected chi connectivity index (χ1v) is 11.1. The van der Waals surface area contributed by atoms with Gasteiger partial charge in [0, 0.05) is 29.6 Å². The van der Waals surface area contributed by atoms with Crippen LogP contribution in [0.25, 0.3) is 11.8 Å². The first-order valence-electron chi connectivity index (χ1n) is 11.1. The highest BCUT2D eigenvalue weighted by atomic mass is 15.2. The second kappa shape index (κ2) is 9.59. The Morgan fingerprint density at radius 1 is 1.15 bits per heavy atom. The van der Waals surface area contributed by atoms with E-state index in [2.05, 4.69) is 68.7 Å². The van der Waals surface area contributed by atoms with Crippen LogP contribution in [0.1, 0.15) is 41.2 Å². The van der Waals surface area contributed by atoms with E-state index in [0.29, 0.717) is 24.3 Å². The molecule has 2 aromatic heterocycles. The van der Waals surface area contributed by atoms with Crippen LogP contribution < -0.4 is 16.0 Å². The highest BCUT2D eigenvalue weighted by molar-refractivity contribution is 6.16. The van der Waals surface area contributed by atoms with Gasteiger partial charge in [-0.3, -0.25) is 10.3 Å². The molecule has 0 saturated carbocycles. The Labute approximate surface area is 200 Å². The molecule has 0 saturated heterocycles. The van der Waals surface area contributed by atoms with E-state index in [-0.39, 0.29) is 11.5 Å². The number of nitrogens with one attached hydrogen (secondary N) is 2. The molecular weight excluding hydrogens is 422 g/mol. The van der Waals surface area contributed by atoms with Crippen molar-refractivity contribution in [2.75, 3.05) is 22.5 Å².